The van der Waals surface area contributed by atoms with Crippen LogP contribution in [0.2, 0.25) is 0 Å². The lowest BCUT2D eigenvalue weighted by Crippen LogP contribution is -2.01. The molecule has 0 spiro atoms. The molecule has 0 bridgehead atoms. The molecule has 2 aromatic heterocycles. The van der Waals surface area contributed by atoms with Gasteiger partial charge in [0, 0.05) is 33.2 Å². The summed E-state index contributed by atoms with van der Waals surface area (Å²) in [5.41, 5.74) is 15.4. The van der Waals surface area contributed by atoms with E-state index in [2.05, 4.69) is 229 Å². The van der Waals surface area contributed by atoms with Crippen molar-refractivity contribution in [2.45, 2.75) is 0 Å². The van der Waals surface area contributed by atoms with Crippen LogP contribution in [0.1, 0.15) is 0 Å². The second kappa shape index (κ2) is 15.5. The number of para-hydroxylation sites is 2. The van der Waals surface area contributed by atoms with E-state index in [0.29, 0.717) is 17.5 Å². The van der Waals surface area contributed by atoms with Crippen molar-refractivity contribution in [3.8, 4) is 84.4 Å². The van der Waals surface area contributed by atoms with Crippen LogP contribution < -0.4 is 0 Å². The average Bonchev–Trinajstić information content (AvgIpc) is 3.69. The Bertz CT molecular complexity index is 3300. The highest BCUT2D eigenvalue weighted by molar-refractivity contribution is 6.09. The minimum Gasteiger partial charge on any atom is -0.309 e. The standard InChI is InChI=1S/C57H38N4/c1-3-15-39(16-4-1)43-19-11-22-46(35-43)47-23-12-20-44(36-47)41-31-33-42(34-32-41)55-58-56(48-24-13-21-45(37-48)40-17-5-2-6-18-40)60-57(59-55)49-25-14-26-50(38-49)61-53-29-9-7-27-51(53)52-28-8-10-30-54(52)61/h1-38H. The summed E-state index contributed by atoms with van der Waals surface area (Å²) in [5.74, 6) is 1.85. The normalized spacial score (nSPS) is 11.3. The Morgan fingerprint density at radius 1 is 0.230 bits per heavy atom. The lowest BCUT2D eigenvalue weighted by molar-refractivity contribution is 1.07. The van der Waals surface area contributed by atoms with Crippen molar-refractivity contribution < 1.29 is 0 Å². The molecular weight excluding hydrogens is 741 g/mol. The summed E-state index contributed by atoms with van der Waals surface area (Å²) in [4.78, 5) is 15.5. The van der Waals surface area contributed by atoms with Crippen LogP contribution in [0.15, 0.2) is 231 Å². The molecule has 0 amide bonds. The Morgan fingerprint density at radius 3 is 1.07 bits per heavy atom. The van der Waals surface area contributed by atoms with Gasteiger partial charge in [-0.3, -0.25) is 0 Å². The largest absolute Gasteiger partial charge is 0.309 e. The van der Waals surface area contributed by atoms with Crippen LogP contribution in [0.5, 0.6) is 0 Å². The van der Waals surface area contributed by atoms with E-state index in [-0.39, 0.29) is 0 Å². The third kappa shape index (κ3) is 6.96. The van der Waals surface area contributed by atoms with Crippen LogP contribution in [0.4, 0.5) is 0 Å². The third-order valence-electron chi connectivity index (χ3n) is 11.4. The van der Waals surface area contributed by atoms with E-state index < -0.39 is 0 Å². The molecule has 0 saturated heterocycles. The minimum absolute atomic E-state index is 0.613. The van der Waals surface area contributed by atoms with Crippen molar-refractivity contribution in [2.75, 3.05) is 0 Å². The Balaban J connectivity index is 0.992. The predicted octanol–water partition coefficient (Wildman–Crippen LogP) is 14.6. The number of rotatable bonds is 8. The zero-order valence-electron chi connectivity index (χ0n) is 33.2. The molecule has 0 saturated carbocycles. The maximum Gasteiger partial charge on any atom is 0.164 e. The summed E-state index contributed by atoms with van der Waals surface area (Å²) in [6.45, 7) is 0. The fourth-order valence-electron chi connectivity index (χ4n) is 8.42. The van der Waals surface area contributed by atoms with Crippen molar-refractivity contribution in [3.63, 3.8) is 0 Å². The van der Waals surface area contributed by atoms with E-state index in [0.717, 1.165) is 55.7 Å². The molecule has 11 aromatic rings. The van der Waals surface area contributed by atoms with Crippen molar-refractivity contribution in [2.24, 2.45) is 0 Å². The first-order valence-electron chi connectivity index (χ1n) is 20.6. The first-order valence-corrected chi connectivity index (χ1v) is 20.6. The summed E-state index contributed by atoms with van der Waals surface area (Å²) in [5, 5.41) is 2.44. The van der Waals surface area contributed by atoms with E-state index >= 15 is 0 Å². The molecule has 0 radical (unpaired) electrons. The van der Waals surface area contributed by atoms with Gasteiger partial charge in [-0.2, -0.15) is 0 Å². The molecule has 9 aromatic carbocycles. The van der Waals surface area contributed by atoms with Gasteiger partial charge in [-0.15, -0.1) is 0 Å². The summed E-state index contributed by atoms with van der Waals surface area (Å²) >= 11 is 0. The van der Waals surface area contributed by atoms with Crippen molar-refractivity contribution in [1.29, 1.82) is 0 Å². The zero-order chi connectivity index (χ0) is 40.5. The van der Waals surface area contributed by atoms with Crippen molar-refractivity contribution in [3.05, 3.63) is 231 Å². The molecule has 2 heterocycles. The fraction of sp³-hybridized carbons (Fsp3) is 0. The Morgan fingerprint density at radius 2 is 0.557 bits per heavy atom. The van der Waals surface area contributed by atoms with Crippen LogP contribution in [0.3, 0.4) is 0 Å². The summed E-state index contributed by atoms with van der Waals surface area (Å²) in [6.07, 6.45) is 0. The molecule has 0 aliphatic carbocycles. The van der Waals surface area contributed by atoms with Gasteiger partial charge in [-0.05, 0) is 87.0 Å². The summed E-state index contributed by atoms with van der Waals surface area (Å²) in [7, 11) is 0. The van der Waals surface area contributed by atoms with Crippen LogP contribution in [-0.4, -0.2) is 19.5 Å². The lowest BCUT2D eigenvalue weighted by Gasteiger charge is -2.12. The maximum atomic E-state index is 5.19. The van der Waals surface area contributed by atoms with Gasteiger partial charge in [-0.1, -0.05) is 188 Å². The van der Waals surface area contributed by atoms with E-state index in [9.17, 15) is 0 Å². The van der Waals surface area contributed by atoms with Crippen LogP contribution in [0, 0.1) is 0 Å². The highest BCUT2D eigenvalue weighted by Gasteiger charge is 2.16. The van der Waals surface area contributed by atoms with E-state index in [1.807, 2.05) is 6.07 Å². The van der Waals surface area contributed by atoms with Crippen molar-refractivity contribution in [1.82, 2.24) is 19.5 Å². The Kier molecular flexibility index (Phi) is 9.14. The fourth-order valence-corrected chi connectivity index (χ4v) is 8.42. The quantitative estimate of drug-likeness (QED) is 0.154. The lowest BCUT2D eigenvalue weighted by atomic mass is 9.96. The molecule has 0 unspecified atom stereocenters. The number of fused-ring (bicyclic) bond motifs is 3. The molecule has 0 fully saturated rings. The topological polar surface area (TPSA) is 43.6 Å². The highest BCUT2D eigenvalue weighted by atomic mass is 15.0. The molecule has 0 aliphatic heterocycles. The molecule has 61 heavy (non-hydrogen) atoms. The molecule has 4 nitrogen and oxygen atoms in total. The number of nitrogens with zero attached hydrogens (tertiary/aromatic N) is 4. The molecular formula is C57H38N4. The SMILES string of the molecule is c1ccc(-c2cccc(-c3cccc(-c4ccc(-c5nc(-c6cccc(-c7ccccc7)c6)nc(-c6cccc(-n7c8ccccc8c8ccccc87)c6)n5)cc4)c3)c2)cc1. The zero-order valence-corrected chi connectivity index (χ0v) is 33.2. The molecule has 4 heteroatoms. The second-order valence-electron chi connectivity index (χ2n) is 15.3. The minimum atomic E-state index is 0.613. The van der Waals surface area contributed by atoms with E-state index in [4.69, 9.17) is 15.0 Å². The number of hydrogen-bond acceptors (Lipinski definition) is 3. The molecule has 0 atom stereocenters. The highest BCUT2D eigenvalue weighted by Crippen LogP contribution is 2.35. The smallest absolute Gasteiger partial charge is 0.164 e. The average molecular weight is 779 g/mol. The van der Waals surface area contributed by atoms with Gasteiger partial charge in [0.1, 0.15) is 0 Å². The first kappa shape index (κ1) is 35.9. The number of hydrogen-bond donors (Lipinski definition) is 0. The van der Waals surface area contributed by atoms with Gasteiger partial charge in [-0.25, -0.2) is 15.0 Å². The maximum absolute atomic E-state index is 5.19. The van der Waals surface area contributed by atoms with E-state index in [1.54, 1.807) is 0 Å². The van der Waals surface area contributed by atoms with Gasteiger partial charge in [0.05, 0.1) is 11.0 Å². The molecule has 286 valence electrons. The van der Waals surface area contributed by atoms with Gasteiger partial charge >= 0.3 is 0 Å². The van der Waals surface area contributed by atoms with Crippen LogP contribution in [-0.2, 0) is 0 Å². The Hall–Kier alpha value is -8.21. The van der Waals surface area contributed by atoms with Gasteiger partial charge in [0.25, 0.3) is 0 Å². The van der Waals surface area contributed by atoms with Gasteiger partial charge < -0.3 is 4.57 Å². The van der Waals surface area contributed by atoms with E-state index in [1.165, 1.54) is 33.0 Å². The third-order valence-corrected chi connectivity index (χ3v) is 11.4. The Labute approximate surface area is 354 Å². The second-order valence-corrected chi connectivity index (χ2v) is 15.3. The predicted molar refractivity (Wildman–Crippen MR) is 252 cm³/mol. The van der Waals surface area contributed by atoms with Crippen LogP contribution >= 0.6 is 0 Å². The molecule has 11 rings (SSSR count). The first-order chi connectivity index (χ1) is 30.2. The number of aromatic nitrogens is 4. The monoisotopic (exact) mass is 778 g/mol. The number of benzene rings is 9. The summed E-state index contributed by atoms with van der Waals surface area (Å²) < 4.78 is 2.33. The van der Waals surface area contributed by atoms with Crippen LogP contribution in [0.25, 0.3) is 106 Å². The van der Waals surface area contributed by atoms with Crippen molar-refractivity contribution >= 4 is 21.8 Å². The van der Waals surface area contributed by atoms with Gasteiger partial charge in [0.2, 0.25) is 0 Å². The molecule has 0 aliphatic rings. The molecule has 0 N–H and O–H groups in total. The summed E-state index contributed by atoms with van der Waals surface area (Å²) in [6, 6.07) is 81.2. The van der Waals surface area contributed by atoms with Gasteiger partial charge in [0.15, 0.2) is 17.5 Å².